The minimum Gasteiger partial charge on any atom is -0.500 e. The van der Waals surface area contributed by atoms with Crippen LogP contribution in [0, 0.1) is 22.2 Å². The smallest absolute Gasteiger partial charge is 0.194 e. The SMILES string of the molecule is COC1=CC(=O)C23C(CC1(CC=C(C)C)C2(OC)OC)C3(C)CCC=C(C)C. The average Bonchev–Trinajstić information content (AvgIpc) is 3.06. The van der Waals surface area contributed by atoms with Crippen molar-refractivity contribution in [2.45, 2.75) is 66.1 Å². The molecule has 0 aromatic carbocycles. The van der Waals surface area contributed by atoms with Gasteiger partial charge in [0, 0.05) is 20.3 Å². The number of ether oxygens (including phenoxy) is 3. The molecule has 0 amide bonds. The first kappa shape index (κ1) is 21.3. The summed E-state index contributed by atoms with van der Waals surface area (Å²) in [6.07, 6.45) is 9.72. The molecule has 0 aromatic rings. The molecule has 0 aliphatic heterocycles. The van der Waals surface area contributed by atoms with Crippen molar-refractivity contribution in [3.8, 4) is 0 Å². The molecule has 3 aliphatic rings. The zero-order valence-electron chi connectivity index (χ0n) is 18.8. The third-order valence-electron chi connectivity index (χ3n) is 7.80. The number of hydrogen-bond donors (Lipinski definition) is 0. The molecular formula is C24H36O4. The molecule has 4 nitrogen and oxygen atoms in total. The number of carbonyl (C=O) groups excluding carboxylic acids is 1. The Morgan fingerprint density at radius 2 is 1.71 bits per heavy atom. The lowest BCUT2D eigenvalue weighted by atomic mass is 9.61. The topological polar surface area (TPSA) is 44.8 Å². The predicted molar refractivity (Wildman–Crippen MR) is 111 cm³/mol. The molecule has 2 bridgehead atoms. The Morgan fingerprint density at radius 3 is 2.21 bits per heavy atom. The number of allylic oxidation sites excluding steroid dienone is 5. The lowest BCUT2D eigenvalue weighted by Crippen LogP contribution is -2.62. The highest BCUT2D eigenvalue weighted by atomic mass is 16.7. The molecule has 0 aromatic heterocycles. The lowest BCUT2D eigenvalue weighted by molar-refractivity contribution is -0.302. The van der Waals surface area contributed by atoms with Crippen LogP contribution in [0.1, 0.15) is 60.3 Å². The van der Waals surface area contributed by atoms with Gasteiger partial charge in [0.2, 0.25) is 0 Å². The molecule has 0 saturated heterocycles. The van der Waals surface area contributed by atoms with E-state index < -0.39 is 16.6 Å². The number of methoxy groups -OCH3 is 3. The van der Waals surface area contributed by atoms with Gasteiger partial charge in [-0.15, -0.1) is 0 Å². The van der Waals surface area contributed by atoms with Crippen LogP contribution < -0.4 is 0 Å². The van der Waals surface area contributed by atoms with E-state index in [0.29, 0.717) is 5.76 Å². The van der Waals surface area contributed by atoms with Gasteiger partial charge in [-0.2, -0.15) is 0 Å². The van der Waals surface area contributed by atoms with Crippen LogP contribution in [0.2, 0.25) is 0 Å². The molecule has 0 N–H and O–H groups in total. The summed E-state index contributed by atoms with van der Waals surface area (Å²) in [7, 11) is 5.02. The van der Waals surface area contributed by atoms with Gasteiger partial charge in [-0.25, -0.2) is 0 Å². The summed E-state index contributed by atoms with van der Waals surface area (Å²) in [6.45, 7) is 10.7. The van der Waals surface area contributed by atoms with Gasteiger partial charge in [-0.1, -0.05) is 30.2 Å². The second-order valence-electron chi connectivity index (χ2n) is 9.47. The van der Waals surface area contributed by atoms with Gasteiger partial charge >= 0.3 is 0 Å². The molecule has 4 heteroatoms. The Balaban J connectivity index is 2.14. The van der Waals surface area contributed by atoms with Gasteiger partial charge in [0.1, 0.15) is 5.76 Å². The fourth-order valence-electron chi connectivity index (χ4n) is 6.65. The normalized spacial score (nSPS) is 37.1. The van der Waals surface area contributed by atoms with Gasteiger partial charge < -0.3 is 14.2 Å². The molecule has 4 unspecified atom stereocenters. The van der Waals surface area contributed by atoms with Gasteiger partial charge in [-0.05, 0) is 64.7 Å². The minimum absolute atomic E-state index is 0.100. The van der Waals surface area contributed by atoms with Gasteiger partial charge in [-0.3, -0.25) is 4.79 Å². The molecule has 3 rings (SSSR count). The number of rotatable bonds is 8. The van der Waals surface area contributed by atoms with Crippen LogP contribution in [-0.2, 0) is 19.0 Å². The maximum Gasteiger partial charge on any atom is 0.194 e. The Hall–Kier alpha value is -1.39. The van der Waals surface area contributed by atoms with E-state index in [0.717, 1.165) is 25.7 Å². The fourth-order valence-corrected chi connectivity index (χ4v) is 6.65. The highest BCUT2D eigenvalue weighted by molar-refractivity contribution is 6.02. The summed E-state index contributed by atoms with van der Waals surface area (Å²) in [5.74, 6) is 0.0201. The summed E-state index contributed by atoms with van der Waals surface area (Å²) in [4.78, 5) is 13.6. The number of hydrogen-bond acceptors (Lipinski definition) is 4. The fraction of sp³-hybridized carbons (Fsp3) is 0.708. The third-order valence-corrected chi connectivity index (χ3v) is 7.80. The summed E-state index contributed by atoms with van der Waals surface area (Å²) in [5.41, 5.74) is 1.30. The van der Waals surface area contributed by atoms with Crippen LogP contribution in [0.3, 0.4) is 0 Å². The van der Waals surface area contributed by atoms with Crippen molar-refractivity contribution in [2.75, 3.05) is 21.3 Å². The standard InChI is InChI=1S/C24H36O4/c1-16(2)10-9-12-21(5)18-15-22(13-11-17(3)4)20(26-6)14-19(25)23(18,21)24(22,27-7)28-8/h10-11,14,18H,9,12-13,15H2,1-8H3. The summed E-state index contributed by atoms with van der Waals surface area (Å²) < 4.78 is 18.2. The van der Waals surface area contributed by atoms with Crippen LogP contribution in [0.5, 0.6) is 0 Å². The van der Waals surface area contributed by atoms with E-state index in [1.807, 2.05) is 0 Å². The quantitative estimate of drug-likeness (QED) is 0.423. The second kappa shape index (κ2) is 6.84. The predicted octanol–water partition coefficient (Wildman–Crippen LogP) is 5.20. The molecule has 2 fully saturated rings. The Kier molecular flexibility index (Phi) is 5.21. The van der Waals surface area contributed by atoms with Crippen molar-refractivity contribution in [1.82, 2.24) is 0 Å². The number of fused-ring (bicyclic) bond motifs is 1. The highest BCUT2D eigenvalue weighted by Crippen LogP contribution is 2.89. The first-order chi connectivity index (χ1) is 13.1. The van der Waals surface area contributed by atoms with E-state index >= 15 is 0 Å². The molecule has 156 valence electrons. The van der Waals surface area contributed by atoms with Crippen LogP contribution in [-0.4, -0.2) is 32.9 Å². The maximum atomic E-state index is 13.6. The van der Waals surface area contributed by atoms with Crippen molar-refractivity contribution in [3.63, 3.8) is 0 Å². The van der Waals surface area contributed by atoms with Gasteiger partial charge in [0.25, 0.3) is 0 Å². The van der Waals surface area contributed by atoms with Crippen molar-refractivity contribution >= 4 is 5.78 Å². The molecule has 0 radical (unpaired) electrons. The van der Waals surface area contributed by atoms with Crippen molar-refractivity contribution < 1.29 is 19.0 Å². The molecule has 3 aliphatic carbocycles. The summed E-state index contributed by atoms with van der Waals surface area (Å²) >= 11 is 0. The maximum absolute atomic E-state index is 13.6. The molecule has 28 heavy (non-hydrogen) atoms. The number of carbonyl (C=O) groups is 1. The first-order valence-corrected chi connectivity index (χ1v) is 10.3. The molecule has 1 spiro atoms. The Morgan fingerprint density at radius 1 is 1.11 bits per heavy atom. The van der Waals surface area contributed by atoms with Gasteiger partial charge in [0.15, 0.2) is 11.6 Å². The zero-order valence-corrected chi connectivity index (χ0v) is 18.8. The largest absolute Gasteiger partial charge is 0.500 e. The molecule has 0 heterocycles. The van der Waals surface area contributed by atoms with Crippen LogP contribution >= 0.6 is 0 Å². The highest BCUT2D eigenvalue weighted by Gasteiger charge is 2.95. The minimum atomic E-state index is -1.01. The Labute approximate surface area is 170 Å². The van der Waals surface area contributed by atoms with Gasteiger partial charge in [0.05, 0.1) is 17.9 Å². The number of ketones is 1. The molecule has 2 saturated carbocycles. The van der Waals surface area contributed by atoms with Crippen molar-refractivity contribution in [3.05, 3.63) is 35.1 Å². The third kappa shape index (κ3) is 2.28. The second-order valence-corrected chi connectivity index (χ2v) is 9.47. The van der Waals surface area contributed by atoms with E-state index in [4.69, 9.17) is 14.2 Å². The zero-order chi connectivity index (χ0) is 21.0. The van der Waals surface area contributed by atoms with Crippen LogP contribution in [0.4, 0.5) is 0 Å². The van der Waals surface area contributed by atoms with E-state index in [1.165, 1.54) is 11.1 Å². The monoisotopic (exact) mass is 388 g/mol. The van der Waals surface area contributed by atoms with Crippen molar-refractivity contribution in [2.24, 2.45) is 22.2 Å². The summed E-state index contributed by atoms with van der Waals surface area (Å²) in [6, 6.07) is 0. The van der Waals surface area contributed by atoms with Crippen LogP contribution in [0.15, 0.2) is 35.1 Å². The van der Waals surface area contributed by atoms with E-state index in [1.54, 1.807) is 27.4 Å². The van der Waals surface area contributed by atoms with Crippen molar-refractivity contribution in [1.29, 1.82) is 0 Å². The molecule has 4 atom stereocenters. The molecular weight excluding hydrogens is 352 g/mol. The van der Waals surface area contributed by atoms with E-state index in [2.05, 4.69) is 46.8 Å². The van der Waals surface area contributed by atoms with Crippen LogP contribution in [0.25, 0.3) is 0 Å². The first-order valence-electron chi connectivity index (χ1n) is 10.3. The lowest BCUT2D eigenvalue weighted by Gasteiger charge is -2.53. The van der Waals surface area contributed by atoms with E-state index in [-0.39, 0.29) is 17.1 Å². The summed E-state index contributed by atoms with van der Waals surface area (Å²) in [5, 5.41) is 0. The average molecular weight is 389 g/mol. The Bertz CT molecular complexity index is 749. The van der Waals surface area contributed by atoms with E-state index in [9.17, 15) is 4.79 Å².